The maximum absolute atomic E-state index is 11.9. The first kappa shape index (κ1) is 15.3. The molecule has 1 fully saturated rings. The number of benzene rings is 1. The number of nitrogens with zero attached hydrogens (tertiary/aromatic N) is 1. The molecule has 0 radical (unpaired) electrons. The fraction of sp³-hybridized carbons (Fsp3) is 0.467. The van der Waals surface area contributed by atoms with Gasteiger partial charge in [-0.25, -0.2) is 0 Å². The van der Waals surface area contributed by atoms with Crippen molar-refractivity contribution in [3.63, 3.8) is 0 Å². The molecule has 6 nitrogen and oxygen atoms in total. The summed E-state index contributed by atoms with van der Waals surface area (Å²) in [6.45, 7) is 2.32. The highest BCUT2D eigenvalue weighted by Crippen LogP contribution is 2.26. The number of carbonyl (C=O) groups is 2. The van der Waals surface area contributed by atoms with Gasteiger partial charge >= 0.3 is 11.9 Å². The van der Waals surface area contributed by atoms with Crippen molar-refractivity contribution in [2.24, 2.45) is 0 Å². The van der Waals surface area contributed by atoms with E-state index in [-0.39, 0.29) is 19.1 Å². The second-order valence-corrected chi connectivity index (χ2v) is 4.91. The van der Waals surface area contributed by atoms with Gasteiger partial charge in [-0.15, -0.1) is 0 Å². The minimum atomic E-state index is -0.934. The summed E-state index contributed by atoms with van der Waals surface area (Å²) >= 11 is 0. The lowest BCUT2D eigenvalue weighted by molar-refractivity contribution is -0.140. The van der Waals surface area contributed by atoms with Crippen molar-refractivity contribution in [2.45, 2.75) is 25.8 Å². The molecule has 1 saturated carbocycles. The lowest BCUT2D eigenvalue weighted by Gasteiger charge is -2.18. The molecule has 0 heterocycles. The molecule has 1 aliphatic carbocycles. The van der Waals surface area contributed by atoms with Gasteiger partial charge in [-0.2, -0.15) is 0 Å². The lowest BCUT2D eigenvalue weighted by Crippen LogP contribution is -2.37. The van der Waals surface area contributed by atoms with E-state index in [9.17, 15) is 9.59 Å². The lowest BCUT2D eigenvalue weighted by atomic mass is 10.3. The molecule has 21 heavy (non-hydrogen) atoms. The van der Waals surface area contributed by atoms with Crippen molar-refractivity contribution in [3.8, 4) is 11.5 Å². The molecule has 1 N–H and O–H groups in total. The van der Waals surface area contributed by atoms with Gasteiger partial charge in [0.15, 0.2) is 0 Å². The van der Waals surface area contributed by atoms with Crippen LogP contribution < -0.4 is 9.47 Å². The van der Waals surface area contributed by atoms with Crippen molar-refractivity contribution in [2.75, 3.05) is 19.7 Å². The summed E-state index contributed by atoms with van der Waals surface area (Å²) in [4.78, 5) is 24.3. The SMILES string of the molecule is CCOc1ccc(OC(=O)CN(CC(=O)O)C2CC2)cc1. The third-order valence-electron chi connectivity index (χ3n) is 3.10. The molecule has 0 bridgehead atoms. The quantitative estimate of drug-likeness (QED) is 0.579. The van der Waals surface area contributed by atoms with Gasteiger partial charge in [0.2, 0.25) is 0 Å². The first-order valence-corrected chi connectivity index (χ1v) is 6.98. The third kappa shape index (κ3) is 5.07. The number of rotatable bonds is 8. The van der Waals surface area contributed by atoms with Crippen LogP contribution in [0.1, 0.15) is 19.8 Å². The Morgan fingerprint density at radius 2 is 1.81 bits per heavy atom. The summed E-state index contributed by atoms with van der Waals surface area (Å²) < 4.78 is 10.5. The van der Waals surface area contributed by atoms with E-state index in [1.54, 1.807) is 29.2 Å². The van der Waals surface area contributed by atoms with Gasteiger partial charge in [-0.05, 0) is 44.0 Å². The van der Waals surface area contributed by atoms with E-state index in [4.69, 9.17) is 14.6 Å². The van der Waals surface area contributed by atoms with E-state index < -0.39 is 11.9 Å². The Hall–Kier alpha value is -2.08. The van der Waals surface area contributed by atoms with Gasteiger partial charge in [0.1, 0.15) is 11.5 Å². The smallest absolute Gasteiger partial charge is 0.325 e. The predicted molar refractivity (Wildman–Crippen MR) is 75.5 cm³/mol. The number of carbonyl (C=O) groups excluding carboxylic acids is 1. The molecule has 0 aliphatic heterocycles. The monoisotopic (exact) mass is 293 g/mol. The van der Waals surface area contributed by atoms with Crippen LogP contribution in [-0.4, -0.2) is 47.7 Å². The molecule has 1 aromatic carbocycles. The predicted octanol–water partition coefficient (Wildman–Crippen LogP) is 1.54. The Balaban J connectivity index is 1.86. The summed E-state index contributed by atoms with van der Waals surface area (Å²) in [5, 5.41) is 8.84. The molecule has 1 aliphatic rings. The fourth-order valence-electron chi connectivity index (χ4n) is 2.03. The van der Waals surface area contributed by atoms with Crippen LogP contribution in [-0.2, 0) is 9.59 Å². The van der Waals surface area contributed by atoms with E-state index in [1.165, 1.54) is 0 Å². The number of aliphatic carboxylic acids is 1. The summed E-state index contributed by atoms with van der Waals surface area (Å²) in [5.41, 5.74) is 0. The van der Waals surface area contributed by atoms with Crippen LogP contribution in [0.25, 0.3) is 0 Å². The van der Waals surface area contributed by atoms with Gasteiger partial charge < -0.3 is 14.6 Å². The molecule has 0 spiro atoms. The van der Waals surface area contributed by atoms with Crippen LogP contribution in [0.4, 0.5) is 0 Å². The standard InChI is InChI=1S/C15H19NO5/c1-2-20-12-5-7-13(8-6-12)21-15(19)10-16(9-14(17)18)11-3-4-11/h5-8,11H,2-4,9-10H2,1H3,(H,17,18). The minimum Gasteiger partial charge on any atom is -0.494 e. The molecule has 0 saturated heterocycles. The molecule has 0 atom stereocenters. The van der Waals surface area contributed by atoms with Crippen LogP contribution >= 0.6 is 0 Å². The molecule has 6 heteroatoms. The highest BCUT2D eigenvalue weighted by atomic mass is 16.5. The van der Waals surface area contributed by atoms with Crippen molar-refractivity contribution in [1.82, 2.24) is 4.90 Å². The molecule has 114 valence electrons. The number of esters is 1. The zero-order chi connectivity index (χ0) is 15.2. The van der Waals surface area contributed by atoms with E-state index in [1.807, 2.05) is 6.92 Å². The Bertz CT molecular complexity index is 495. The van der Waals surface area contributed by atoms with E-state index in [0.717, 1.165) is 12.8 Å². The Kier molecular flexibility index (Phi) is 5.16. The molecule has 2 rings (SSSR count). The topological polar surface area (TPSA) is 76.1 Å². The molecule has 0 unspecified atom stereocenters. The average Bonchev–Trinajstić information content (AvgIpc) is 3.24. The number of ether oxygens (including phenoxy) is 2. The first-order chi connectivity index (χ1) is 10.1. The van der Waals surface area contributed by atoms with Crippen LogP contribution in [0, 0.1) is 0 Å². The average molecular weight is 293 g/mol. The van der Waals surface area contributed by atoms with Gasteiger partial charge in [0.05, 0.1) is 19.7 Å². The van der Waals surface area contributed by atoms with E-state index >= 15 is 0 Å². The number of carboxylic acids is 1. The third-order valence-corrected chi connectivity index (χ3v) is 3.10. The largest absolute Gasteiger partial charge is 0.494 e. The molecular weight excluding hydrogens is 274 g/mol. The zero-order valence-electron chi connectivity index (χ0n) is 11.9. The molecular formula is C15H19NO5. The molecule has 0 amide bonds. The number of carboxylic acid groups (broad SMARTS) is 1. The minimum absolute atomic E-state index is 0.00974. The van der Waals surface area contributed by atoms with Crippen LogP contribution in [0.15, 0.2) is 24.3 Å². The van der Waals surface area contributed by atoms with Gasteiger partial charge in [-0.3, -0.25) is 14.5 Å². The van der Waals surface area contributed by atoms with Crippen LogP contribution in [0.5, 0.6) is 11.5 Å². The first-order valence-electron chi connectivity index (χ1n) is 6.98. The summed E-state index contributed by atoms with van der Waals surface area (Å²) in [7, 11) is 0. The highest BCUT2D eigenvalue weighted by Gasteiger charge is 2.32. The van der Waals surface area contributed by atoms with Gasteiger partial charge in [-0.1, -0.05) is 0 Å². The van der Waals surface area contributed by atoms with Crippen LogP contribution in [0.2, 0.25) is 0 Å². The Morgan fingerprint density at radius 1 is 1.19 bits per heavy atom. The second-order valence-electron chi connectivity index (χ2n) is 4.91. The van der Waals surface area contributed by atoms with Gasteiger partial charge in [0.25, 0.3) is 0 Å². The Labute approximate surface area is 123 Å². The molecule has 0 aromatic heterocycles. The number of hydrogen-bond donors (Lipinski definition) is 1. The summed E-state index contributed by atoms with van der Waals surface area (Å²) in [5.74, 6) is -0.250. The van der Waals surface area contributed by atoms with Crippen molar-refractivity contribution < 1.29 is 24.2 Å². The van der Waals surface area contributed by atoms with E-state index in [2.05, 4.69) is 0 Å². The van der Waals surface area contributed by atoms with E-state index in [0.29, 0.717) is 18.1 Å². The van der Waals surface area contributed by atoms with Crippen LogP contribution in [0.3, 0.4) is 0 Å². The molecule has 1 aromatic rings. The maximum Gasteiger partial charge on any atom is 0.325 e. The van der Waals surface area contributed by atoms with Crippen molar-refractivity contribution in [1.29, 1.82) is 0 Å². The zero-order valence-corrected chi connectivity index (χ0v) is 11.9. The van der Waals surface area contributed by atoms with Crippen molar-refractivity contribution in [3.05, 3.63) is 24.3 Å². The van der Waals surface area contributed by atoms with Crippen molar-refractivity contribution >= 4 is 11.9 Å². The second kappa shape index (κ2) is 7.08. The fourth-order valence-corrected chi connectivity index (χ4v) is 2.03. The summed E-state index contributed by atoms with van der Waals surface area (Å²) in [6, 6.07) is 6.95. The summed E-state index contributed by atoms with van der Waals surface area (Å²) in [6.07, 6.45) is 1.87. The highest BCUT2D eigenvalue weighted by molar-refractivity contribution is 5.76. The Morgan fingerprint density at radius 3 is 2.33 bits per heavy atom. The normalized spacial score (nSPS) is 14.0. The maximum atomic E-state index is 11.9. The van der Waals surface area contributed by atoms with Gasteiger partial charge in [0, 0.05) is 6.04 Å². The number of hydrogen-bond acceptors (Lipinski definition) is 5.